The van der Waals surface area contributed by atoms with Crippen molar-refractivity contribution in [2.75, 3.05) is 19.8 Å². The minimum atomic E-state index is -0.393. The van der Waals surface area contributed by atoms with Crippen molar-refractivity contribution in [2.24, 2.45) is 0 Å². The molecule has 1 aromatic heterocycles. The van der Waals surface area contributed by atoms with Crippen LogP contribution < -0.4 is 0 Å². The standard InChI is InChI=1S/C15H15IN2O4/c1-2-20-14(19)13-11(16)12(17-18-13)9-3-5-10(6-4-9)15-21-7-8-22-15/h3-6,15H,2,7-8H2,1H3,(H,17,18). The van der Waals surface area contributed by atoms with Gasteiger partial charge in [0.1, 0.15) is 5.69 Å². The van der Waals surface area contributed by atoms with Crippen LogP contribution in [0.2, 0.25) is 0 Å². The highest BCUT2D eigenvalue weighted by Gasteiger charge is 2.21. The molecule has 2 heterocycles. The van der Waals surface area contributed by atoms with E-state index in [1.165, 1.54) is 0 Å². The maximum absolute atomic E-state index is 11.8. The second-order valence-electron chi connectivity index (χ2n) is 4.68. The molecule has 1 saturated heterocycles. The molecule has 1 aliphatic heterocycles. The molecule has 0 bridgehead atoms. The van der Waals surface area contributed by atoms with Crippen LogP contribution in [0, 0.1) is 3.57 Å². The maximum atomic E-state index is 11.8. The summed E-state index contributed by atoms with van der Waals surface area (Å²) in [5, 5.41) is 6.97. The van der Waals surface area contributed by atoms with Crippen LogP contribution in [0.3, 0.4) is 0 Å². The van der Waals surface area contributed by atoms with Crippen molar-refractivity contribution < 1.29 is 19.0 Å². The lowest BCUT2D eigenvalue weighted by Gasteiger charge is -2.09. The number of rotatable bonds is 4. The van der Waals surface area contributed by atoms with E-state index < -0.39 is 5.97 Å². The highest BCUT2D eigenvalue weighted by Crippen LogP contribution is 2.29. The number of H-pyrrole nitrogens is 1. The van der Waals surface area contributed by atoms with Gasteiger partial charge in [0.25, 0.3) is 0 Å². The lowest BCUT2D eigenvalue weighted by Crippen LogP contribution is -2.06. The molecule has 22 heavy (non-hydrogen) atoms. The molecular weight excluding hydrogens is 399 g/mol. The molecule has 6 nitrogen and oxygen atoms in total. The van der Waals surface area contributed by atoms with Gasteiger partial charge in [-0.3, -0.25) is 5.10 Å². The number of ether oxygens (including phenoxy) is 3. The third-order valence-corrected chi connectivity index (χ3v) is 4.31. The Kier molecular flexibility index (Phi) is 4.74. The molecule has 0 unspecified atom stereocenters. The number of esters is 1. The SMILES string of the molecule is CCOC(=O)c1[nH]nc(-c2ccc(C3OCCO3)cc2)c1I. The molecule has 0 aliphatic carbocycles. The first-order valence-corrected chi connectivity index (χ1v) is 8.03. The van der Waals surface area contributed by atoms with Crippen LogP contribution in [0.1, 0.15) is 29.3 Å². The van der Waals surface area contributed by atoms with Crippen molar-refractivity contribution in [1.82, 2.24) is 10.2 Å². The van der Waals surface area contributed by atoms with E-state index in [1.807, 2.05) is 24.3 Å². The number of aromatic nitrogens is 2. The first kappa shape index (κ1) is 15.4. The van der Waals surface area contributed by atoms with Crippen LogP contribution in [-0.4, -0.2) is 36.0 Å². The van der Waals surface area contributed by atoms with Crippen molar-refractivity contribution in [2.45, 2.75) is 13.2 Å². The third-order valence-electron chi connectivity index (χ3n) is 3.26. The van der Waals surface area contributed by atoms with Crippen molar-refractivity contribution >= 4 is 28.6 Å². The molecular formula is C15H15IN2O4. The summed E-state index contributed by atoms with van der Waals surface area (Å²) < 4.78 is 16.7. The first-order chi connectivity index (χ1) is 10.7. The van der Waals surface area contributed by atoms with Crippen LogP contribution >= 0.6 is 22.6 Å². The molecule has 1 fully saturated rings. The van der Waals surface area contributed by atoms with E-state index in [-0.39, 0.29) is 6.29 Å². The fraction of sp³-hybridized carbons (Fsp3) is 0.333. The average molecular weight is 414 g/mol. The molecule has 0 spiro atoms. The van der Waals surface area contributed by atoms with Gasteiger partial charge in [-0.1, -0.05) is 24.3 Å². The fourth-order valence-corrected chi connectivity index (χ4v) is 2.98. The van der Waals surface area contributed by atoms with Crippen LogP contribution in [-0.2, 0) is 14.2 Å². The summed E-state index contributed by atoms with van der Waals surface area (Å²) >= 11 is 2.10. The number of carbonyl (C=O) groups excluding carboxylic acids is 1. The predicted octanol–water partition coefficient (Wildman–Crippen LogP) is 2.90. The number of carbonyl (C=O) groups is 1. The molecule has 0 radical (unpaired) electrons. The highest BCUT2D eigenvalue weighted by molar-refractivity contribution is 14.1. The monoisotopic (exact) mass is 414 g/mol. The number of benzene rings is 1. The number of nitrogens with one attached hydrogen (secondary N) is 1. The lowest BCUT2D eigenvalue weighted by molar-refractivity contribution is -0.0441. The van der Waals surface area contributed by atoms with Gasteiger partial charge in [-0.05, 0) is 29.5 Å². The van der Waals surface area contributed by atoms with E-state index in [0.717, 1.165) is 20.4 Å². The Balaban J connectivity index is 1.83. The summed E-state index contributed by atoms with van der Waals surface area (Å²) in [5.41, 5.74) is 2.99. The molecule has 0 amide bonds. The first-order valence-electron chi connectivity index (χ1n) is 6.95. The van der Waals surface area contributed by atoms with Crippen LogP contribution in [0.5, 0.6) is 0 Å². The summed E-state index contributed by atoms with van der Waals surface area (Å²) in [6, 6.07) is 7.77. The zero-order chi connectivity index (χ0) is 15.5. The molecule has 7 heteroatoms. The number of nitrogens with zero attached hydrogens (tertiary/aromatic N) is 1. The van der Waals surface area contributed by atoms with Gasteiger partial charge in [-0.25, -0.2) is 4.79 Å². The van der Waals surface area contributed by atoms with Crippen molar-refractivity contribution in [3.05, 3.63) is 39.1 Å². The van der Waals surface area contributed by atoms with Gasteiger partial charge in [0.15, 0.2) is 12.0 Å². The molecule has 3 rings (SSSR count). The van der Waals surface area contributed by atoms with E-state index in [0.29, 0.717) is 25.5 Å². The smallest absolute Gasteiger partial charge is 0.357 e. The summed E-state index contributed by atoms with van der Waals surface area (Å²) in [5.74, 6) is -0.393. The molecule has 0 saturated carbocycles. The normalized spacial score (nSPS) is 15.2. The number of aromatic amines is 1. The highest BCUT2D eigenvalue weighted by atomic mass is 127. The minimum absolute atomic E-state index is 0.289. The Morgan fingerprint density at radius 3 is 2.68 bits per heavy atom. The van der Waals surface area contributed by atoms with E-state index in [9.17, 15) is 4.79 Å². The molecule has 2 aromatic rings. The Morgan fingerprint density at radius 2 is 2.05 bits per heavy atom. The van der Waals surface area contributed by atoms with Crippen LogP contribution in [0.25, 0.3) is 11.3 Å². The Morgan fingerprint density at radius 1 is 1.36 bits per heavy atom. The van der Waals surface area contributed by atoms with Gasteiger partial charge in [0.2, 0.25) is 0 Å². The van der Waals surface area contributed by atoms with E-state index in [4.69, 9.17) is 14.2 Å². The number of halogens is 1. The Labute approximate surface area is 141 Å². The van der Waals surface area contributed by atoms with E-state index >= 15 is 0 Å². The Hall–Kier alpha value is -1.45. The summed E-state index contributed by atoms with van der Waals surface area (Å²) in [6.07, 6.45) is -0.289. The second-order valence-corrected chi connectivity index (χ2v) is 5.76. The van der Waals surface area contributed by atoms with E-state index in [1.54, 1.807) is 6.92 Å². The quantitative estimate of drug-likeness (QED) is 0.616. The average Bonchev–Trinajstić information content (AvgIpc) is 3.17. The third kappa shape index (κ3) is 3.01. The zero-order valence-corrected chi connectivity index (χ0v) is 14.1. The topological polar surface area (TPSA) is 73.4 Å². The van der Waals surface area contributed by atoms with Crippen LogP contribution in [0.4, 0.5) is 0 Å². The molecule has 1 aromatic carbocycles. The second kappa shape index (κ2) is 6.76. The van der Waals surface area contributed by atoms with E-state index in [2.05, 4.69) is 32.8 Å². The number of hydrogen-bond acceptors (Lipinski definition) is 5. The van der Waals surface area contributed by atoms with Crippen molar-refractivity contribution in [1.29, 1.82) is 0 Å². The van der Waals surface area contributed by atoms with Gasteiger partial charge in [-0.2, -0.15) is 5.10 Å². The van der Waals surface area contributed by atoms with Gasteiger partial charge in [0, 0.05) is 11.1 Å². The van der Waals surface area contributed by atoms with Gasteiger partial charge in [-0.15, -0.1) is 0 Å². The van der Waals surface area contributed by atoms with Gasteiger partial charge < -0.3 is 14.2 Å². The molecule has 116 valence electrons. The summed E-state index contributed by atoms with van der Waals surface area (Å²) in [6.45, 7) is 3.34. The Bertz CT molecular complexity index is 663. The van der Waals surface area contributed by atoms with Crippen molar-refractivity contribution in [3.63, 3.8) is 0 Å². The van der Waals surface area contributed by atoms with Gasteiger partial charge in [0.05, 0.1) is 23.4 Å². The molecule has 0 atom stereocenters. The van der Waals surface area contributed by atoms with Gasteiger partial charge >= 0.3 is 5.97 Å². The fourth-order valence-electron chi connectivity index (χ4n) is 2.21. The largest absolute Gasteiger partial charge is 0.461 e. The predicted molar refractivity (Wildman–Crippen MR) is 87.3 cm³/mol. The van der Waals surface area contributed by atoms with Crippen molar-refractivity contribution in [3.8, 4) is 11.3 Å². The minimum Gasteiger partial charge on any atom is -0.461 e. The summed E-state index contributed by atoms with van der Waals surface area (Å²) in [7, 11) is 0. The number of hydrogen-bond donors (Lipinski definition) is 1. The lowest BCUT2D eigenvalue weighted by atomic mass is 10.1. The molecule has 1 N–H and O–H groups in total. The maximum Gasteiger partial charge on any atom is 0.357 e. The summed E-state index contributed by atoms with van der Waals surface area (Å²) in [4.78, 5) is 11.8. The zero-order valence-electron chi connectivity index (χ0n) is 12.0. The van der Waals surface area contributed by atoms with Crippen LogP contribution in [0.15, 0.2) is 24.3 Å². The molecule has 1 aliphatic rings.